The van der Waals surface area contributed by atoms with Crippen LogP contribution in [-0.2, 0) is 12.1 Å². The quantitative estimate of drug-likeness (QED) is 0.684. The van der Waals surface area contributed by atoms with Crippen LogP contribution < -0.4 is 11.1 Å². The summed E-state index contributed by atoms with van der Waals surface area (Å²) in [6, 6.07) is 4.02. The van der Waals surface area contributed by atoms with Crippen molar-refractivity contribution < 1.29 is 0 Å². The van der Waals surface area contributed by atoms with Gasteiger partial charge in [-0.2, -0.15) is 0 Å². The van der Waals surface area contributed by atoms with Crippen molar-refractivity contribution in [3.63, 3.8) is 0 Å². The summed E-state index contributed by atoms with van der Waals surface area (Å²) < 4.78 is 1.11. The molecule has 13 heavy (non-hydrogen) atoms. The van der Waals surface area contributed by atoms with Gasteiger partial charge in [0.25, 0.3) is 0 Å². The molecule has 1 aromatic carbocycles. The summed E-state index contributed by atoms with van der Waals surface area (Å²) in [5.41, 5.74) is 9.30. The Morgan fingerprint density at radius 1 is 1.46 bits per heavy atom. The van der Waals surface area contributed by atoms with Gasteiger partial charge >= 0.3 is 0 Å². The van der Waals surface area contributed by atoms with E-state index in [0.717, 1.165) is 16.7 Å². The van der Waals surface area contributed by atoms with Crippen LogP contribution in [0.5, 0.6) is 0 Å². The standard InChI is InChI=1S/C10H13BrN2/c1-10(2)8-3-6(12)4-9(11)7(8)5-13-10/h3-4,13H,5,12H2,1-2H3. The number of benzene rings is 1. The Bertz CT molecular complexity index is 358. The van der Waals surface area contributed by atoms with Crippen molar-refractivity contribution in [2.45, 2.75) is 25.9 Å². The van der Waals surface area contributed by atoms with E-state index in [9.17, 15) is 0 Å². The Morgan fingerprint density at radius 3 is 2.85 bits per heavy atom. The third-order valence-corrected chi connectivity index (χ3v) is 3.31. The molecule has 1 aliphatic rings. The zero-order chi connectivity index (χ0) is 9.64. The Hall–Kier alpha value is -0.540. The van der Waals surface area contributed by atoms with Gasteiger partial charge in [-0.15, -0.1) is 0 Å². The van der Waals surface area contributed by atoms with Crippen LogP contribution in [0, 0.1) is 0 Å². The molecule has 0 radical (unpaired) electrons. The Morgan fingerprint density at radius 2 is 2.15 bits per heavy atom. The fourth-order valence-corrected chi connectivity index (χ4v) is 2.42. The van der Waals surface area contributed by atoms with Gasteiger partial charge in [-0.25, -0.2) is 0 Å². The van der Waals surface area contributed by atoms with Crippen LogP contribution in [-0.4, -0.2) is 0 Å². The summed E-state index contributed by atoms with van der Waals surface area (Å²) in [5.74, 6) is 0. The zero-order valence-electron chi connectivity index (χ0n) is 7.82. The van der Waals surface area contributed by atoms with Gasteiger partial charge in [0.2, 0.25) is 0 Å². The van der Waals surface area contributed by atoms with Gasteiger partial charge in [-0.1, -0.05) is 15.9 Å². The van der Waals surface area contributed by atoms with Gasteiger partial charge in [0.05, 0.1) is 0 Å². The minimum absolute atomic E-state index is 0.0488. The highest BCUT2D eigenvalue weighted by Crippen LogP contribution is 2.36. The highest BCUT2D eigenvalue weighted by Gasteiger charge is 2.30. The normalized spacial score (nSPS) is 18.7. The second-order valence-corrected chi connectivity index (χ2v) is 4.86. The number of anilines is 1. The topological polar surface area (TPSA) is 38.0 Å². The predicted molar refractivity (Wildman–Crippen MR) is 58.4 cm³/mol. The number of nitrogen functional groups attached to an aromatic ring is 1. The highest BCUT2D eigenvalue weighted by atomic mass is 79.9. The molecule has 0 fully saturated rings. The van der Waals surface area contributed by atoms with Crippen molar-refractivity contribution >= 4 is 21.6 Å². The first kappa shape index (κ1) is 9.03. The van der Waals surface area contributed by atoms with E-state index >= 15 is 0 Å². The second kappa shape index (κ2) is 2.72. The average molecular weight is 241 g/mol. The van der Waals surface area contributed by atoms with Gasteiger partial charge in [0.1, 0.15) is 0 Å². The monoisotopic (exact) mass is 240 g/mol. The van der Waals surface area contributed by atoms with Crippen LogP contribution in [0.1, 0.15) is 25.0 Å². The van der Waals surface area contributed by atoms with Crippen molar-refractivity contribution in [2.75, 3.05) is 5.73 Å². The molecule has 1 aliphatic heterocycles. The largest absolute Gasteiger partial charge is 0.399 e. The molecular formula is C10H13BrN2. The lowest BCUT2D eigenvalue weighted by Gasteiger charge is -2.19. The molecule has 0 bridgehead atoms. The summed E-state index contributed by atoms with van der Waals surface area (Å²) in [7, 11) is 0. The summed E-state index contributed by atoms with van der Waals surface area (Å²) in [6.45, 7) is 5.26. The summed E-state index contributed by atoms with van der Waals surface area (Å²) in [6.07, 6.45) is 0. The van der Waals surface area contributed by atoms with Crippen LogP contribution in [0.2, 0.25) is 0 Å². The molecule has 0 saturated heterocycles. The van der Waals surface area contributed by atoms with Crippen molar-refractivity contribution in [1.29, 1.82) is 0 Å². The highest BCUT2D eigenvalue weighted by molar-refractivity contribution is 9.10. The molecule has 3 heteroatoms. The van der Waals surface area contributed by atoms with E-state index in [1.54, 1.807) is 0 Å². The minimum atomic E-state index is 0.0488. The van der Waals surface area contributed by atoms with Crippen LogP contribution in [0.3, 0.4) is 0 Å². The lowest BCUT2D eigenvalue weighted by atomic mass is 9.94. The fourth-order valence-electron chi connectivity index (χ4n) is 1.80. The van der Waals surface area contributed by atoms with E-state index in [1.165, 1.54) is 11.1 Å². The van der Waals surface area contributed by atoms with Crippen LogP contribution in [0.15, 0.2) is 16.6 Å². The first-order valence-corrected chi connectivity index (χ1v) is 5.13. The molecule has 0 spiro atoms. The van der Waals surface area contributed by atoms with Crippen molar-refractivity contribution in [3.05, 3.63) is 27.7 Å². The molecule has 2 rings (SSSR count). The molecule has 2 nitrogen and oxygen atoms in total. The Balaban J connectivity index is 2.65. The van der Waals surface area contributed by atoms with Gasteiger partial charge in [0, 0.05) is 22.2 Å². The molecule has 0 unspecified atom stereocenters. The molecule has 0 saturated carbocycles. The molecule has 1 aromatic rings. The maximum atomic E-state index is 5.80. The Kier molecular flexibility index (Phi) is 1.89. The summed E-state index contributed by atoms with van der Waals surface area (Å²) >= 11 is 3.53. The van der Waals surface area contributed by atoms with Gasteiger partial charge in [0.15, 0.2) is 0 Å². The fraction of sp³-hybridized carbons (Fsp3) is 0.400. The van der Waals surface area contributed by atoms with Crippen LogP contribution >= 0.6 is 15.9 Å². The number of rotatable bonds is 0. The first-order valence-electron chi connectivity index (χ1n) is 4.34. The van der Waals surface area contributed by atoms with E-state index in [-0.39, 0.29) is 5.54 Å². The second-order valence-electron chi connectivity index (χ2n) is 4.01. The van der Waals surface area contributed by atoms with E-state index < -0.39 is 0 Å². The SMILES string of the molecule is CC1(C)NCc2c(Br)cc(N)cc21. The number of hydrogen-bond donors (Lipinski definition) is 2. The van der Waals surface area contributed by atoms with Gasteiger partial charge < -0.3 is 11.1 Å². The number of hydrogen-bond acceptors (Lipinski definition) is 2. The van der Waals surface area contributed by atoms with E-state index in [4.69, 9.17) is 5.73 Å². The maximum absolute atomic E-state index is 5.80. The molecule has 3 N–H and O–H groups in total. The smallest absolute Gasteiger partial charge is 0.0384 e. The summed E-state index contributed by atoms with van der Waals surface area (Å²) in [4.78, 5) is 0. The zero-order valence-corrected chi connectivity index (χ0v) is 9.40. The number of fused-ring (bicyclic) bond motifs is 1. The molecule has 70 valence electrons. The lowest BCUT2D eigenvalue weighted by Crippen LogP contribution is -2.28. The van der Waals surface area contributed by atoms with Crippen LogP contribution in [0.25, 0.3) is 0 Å². The van der Waals surface area contributed by atoms with Crippen molar-refractivity contribution in [1.82, 2.24) is 5.32 Å². The number of nitrogens with two attached hydrogens (primary N) is 1. The predicted octanol–water partition coefficient (Wildman–Crippen LogP) is 2.37. The summed E-state index contributed by atoms with van der Waals surface area (Å²) in [5, 5.41) is 3.44. The van der Waals surface area contributed by atoms with Gasteiger partial charge in [-0.05, 0) is 37.1 Å². The van der Waals surface area contributed by atoms with E-state index in [0.29, 0.717) is 0 Å². The third kappa shape index (κ3) is 1.36. The van der Waals surface area contributed by atoms with Crippen molar-refractivity contribution in [3.8, 4) is 0 Å². The Labute approximate surface area is 86.6 Å². The molecule has 1 heterocycles. The van der Waals surface area contributed by atoms with E-state index in [2.05, 4.69) is 41.2 Å². The molecule has 0 amide bonds. The first-order chi connectivity index (χ1) is 6.00. The van der Waals surface area contributed by atoms with Crippen molar-refractivity contribution in [2.24, 2.45) is 0 Å². The number of nitrogens with one attached hydrogen (secondary N) is 1. The number of halogens is 1. The maximum Gasteiger partial charge on any atom is 0.0384 e. The van der Waals surface area contributed by atoms with E-state index in [1.807, 2.05) is 6.07 Å². The molecule has 0 aliphatic carbocycles. The lowest BCUT2D eigenvalue weighted by molar-refractivity contribution is 0.443. The molecule has 0 atom stereocenters. The minimum Gasteiger partial charge on any atom is -0.399 e. The molecular weight excluding hydrogens is 228 g/mol. The third-order valence-electron chi connectivity index (χ3n) is 2.60. The average Bonchev–Trinajstić information content (AvgIpc) is 2.28. The van der Waals surface area contributed by atoms with Gasteiger partial charge in [-0.3, -0.25) is 0 Å². The molecule has 0 aromatic heterocycles. The van der Waals surface area contributed by atoms with Crippen LogP contribution in [0.4, 0.5) is 5.69 Å².